The summed E-state index contributed by atoms with van der Waals surface area (Å²) in [5.41, 5.74) is 3.58. The second kappa shape index (κ2) is 6.85. The van der Waals surface area contributed by atoms with Crippen molar-refractivity contribution in [2.75, 3.05) is 5.32 Å². The van der Waals surface area contributed by atoms with Crippen LogP contribution in [0.2, 0.25) is 0 Å². The number of nitrogens with one attached hydrogen (secondary N) is 2. The number of aliphatic hydroxyl groups is 1. The number of furan rings is 1. The van der Waals surface area contributed by atoms with E-state index in [0.29, 0.717) is 30.2 Å². The standard InChI is InChI=1S/C22H26N2O5S/c1-13(14-5-6-14)17-8-7-15-3-2-4-18(15)20(17)23-21(25)24-30(27,28)19-11-16(12-29-19)22(26)9-10-22/h7-8,11-14,26H,2-6,9-10H2,1H3,(H2,23,24,25)/t13-/m1/s1. The van der Waals surface area contributed by atoms with E-state index >= 15 is 0 Å². The maximum atomic E-state index is 12.7. The number of hydrogen-bond acceptors (Lipinski definition) is 5. The van der Waals surface area contributed by atoms with Crippen LogP contribution in [0.15, 0.2) is 34.0 Å². The third-order valence-corrected chi connectivity index (χ3v) is 7.90. The Balaban J connectivity index is 1.37. The van der Waals surface area contributed by atoms with Gasteiger partial charge in [0, 0.05) is 17.3 Å². The molecule has 160 valence electrons. The first-order valence-electron chi connectivity index (χ1n) is 10.6. The highest BCUT2D eigenvalue weighted by Gasteiger charge is 2.44. The van der Waals surface area contributed by atoms with Crippen LogP contribution >= 0.6 is 0 Å². The number of anilines is 1. The lowest BCUT2D eigenvalue weighted by Crippen LogP contribution is -2.34. The molecule has 0 bridgehead atoms. The predicted octanol–water partition coefficient (Wildman–Crippen LogP) is 3.77. The molecule has 5 rings (SSSR count). The molecule has 8 heteroatoms. The molecule has 7 nitrogen and oxygen atoms in total. The van der Waals surface area contributed by atoms with Crippen LogP contribution in [0.3, 0.4) is 0 Å². The van der Waals surface area contributed by atoms with Gasteiger partial charge in [0.1, 0.15) is 0 Å². The van der Waals surface area contributed by atoms with Crippen molar-refractivity contribution in [3.05, 3.63) is 46.7 Å². The van der Waals surface area contributed by atoms with E-state index in [-0.39, 0.29) is 5.09 Å². The number of amides is 2. The lowest BCUT2D eigenvalue weighted by Gasteiger charge is -2.20. The largest absolute Gasteiger partial charge is 0.451 e. The maximum Gasteiger partial charge on any atom is 0.333 e. The number of carbonyl (C=O) groups excluding carboxylic acids is 1. The first-order valence-corrected chi connectivity index (χ1v) is 12.0. The number of urea groups is 1. The molecule has 3 aliphatic carbocycles. The summed E-state index contributed by atoms with van der Waals surface area (Å²) >= 11 is 0. The lowest BCUT2D eigenvalue weighted by atomic mass is 9.91. The van der Waals surface area contributed by atoms with Gasteiger partial charge in [-0.15, -0.1) is 0 Å². The fourth-order valence-corrected chi connectivity index (χ4v) is 5.33. The Labute approximate surface area is 175 Å². The van der Waals surface area contributed by atoms with Crippen molar-refractivity contribution in [2.45, 2.75) is 68.5 Å². The van der Waals surface area contributed by atoms with Gasteiger partial charge in [-0.1, -0.05) is 19.1 Å². The monoisotopic (exact) mass is 430 g/mol. The normalized spacial score (nSPS) is 20.5. The molecule has 0 aliphatic heterocycles. The Kier molecular flexibility index (Phi) is 4.48. The third-order valence-electron chi connectivity index (χ3n) is 6.70. The SMILES string of the molecule is C[C@@H](c1ccc2c(c1NC(=O)NS(=O)(=O)c1cc(C3(O)CC3)co1)CCC2)C1CC1. The minimum absolute atomic E-state index is 0.315. The Hall–Kier alpha value is -2.32. The van der Waals surface area contributed by atoms with Gasteiger partial charge < -0.3 is 14.8 Å². The van der Waals surface area contributed by atoms with Crippen molar-refractivity contribution in [1.29, 1.82) is 0 Å². The van der Waals surface area contributed by atoms with Gasteiger partial charge in [0.25, 0.3) is 10.0 Å². The van der Waals surface area contributed by atoms with Gasteiger partial charge in [0.15, 0.2) is 0 Å². The van der Waals surface area contributed by atoms with Crippen LogP contribution in [0.25, 0.3) is 0 Å². The third kappa shape index (κ3) is 3.52. The molecule has 2 aromatic rings. The zero-order chi connectivity index (χ0) is 21.1. The molecule has 3 aliphatic rings. The van der Waals surface area contributed by atoms with Crippen LogP contribution in [0.4, 0.5) is 10.5 Å². The van der Waals surface area contributed by atoms with E-state index in [9.17, 15) is 18.3 Å². The van der Waals surface area contributed by atoms with Gasteiger partial charge in [-0.25, -0.2) is 9.52 Å². The van der Waals surface area contributed by atoms with Crippen molar-refractivity contribution in [3.8, 4) is 0 Å². The highest BCUT2D eigenvalue weighted by atomic mass is 32.2. The van der Waals surface area contributed by atoms with Crippen LogP contribution in [-0.4, -0.2) is 19.6 Å². The average Bonchev–Trinajstić information content (AvgIpc) is 3.56. The van der Waals surface area contributed by atoms with E-state index in [0.717, 1.165) is 36.1 Å². The number of carbonyl (C=O) groups is 1. The molecule has 0 radical (unpaired) electrons. The summed E-state index contributed by atoms with van der Waals surface area (Å²) in [4.78, 5) is 12.7. The molecule has 0 unspecified atom stereocenters. The fraction of sp³-hybridized carbons (Fsp3) is 0.500. The Morgan fingerprint density at radius 2 is 2.03 bits per heavy atom. The summed E-state index contributed by atoms with van der Waals surface area (Å²) in [5.74, 6) is 0.932. The minimum atomic E-state index is -4.18. The van der Waals surface area contributed by atoms with Crippen molar-refractivity contribution in [2.24, 2.45) is 5.92 Å². The average molecular weight is 431 g/mol. The van der Waals surface area contributed by atoms with Crippen molar-refractivity contribution < 1.29 is 22.7 Å². The Morgan fingerprint density at radius 1 is 1.27 bits per heavy atom. The molecule has 0 spiro atoms. The summed E-state index contributed by atoms with van der Waals surface area (Å²) in [6.07, 6.45) is 7.63. The summed E-state index contributed by atoms with van der Waals surface area (Å²) < 4.78 is 32.4. The van der Waals surface area contributed by atoms with Gasteiger partial charge in [0.05, 0.1) is 11.9 Å². The molecular formula is C22H26N2O5S. The van der Waals surface area contributed by atoms with Crippen LogP contribution in [0.5, 0.6) is 0 Å². The summed E-state index contributed by atoms with van der Waals surface area (Å²) in [6, 6.07) is 4.70. The van der Waals surface area contributed by atoms with E-state index in [1.165, 1.54) is 30.7 Å². The van der Waals surface area contributed by atoms with Crippen molar-refractivity contribution in [1.82, 2.24) is 4.72 Å². The molecule has 0 saturated heterocycles. The van der Waals surface area contributed by atoms with E-state index in [4.69, 9.17) is 4.42 Å². The van der Waals surface area contributed by atoms with Gasteiger partial charge >= 0.3 is 6.03 Å². The van der Waals surface area contributed by atoms with E-state index in [2.05, 4.69) is 29.1 Å². The highest BCUT2D eigenvalue weighted by Crippen LogP contribution is 2.47. The number of aryl methyl sites for hydroxylation is 1. The zero-order valence-electron chi connectivity index (χ0n) is 16.9. The number of fused-ring (bicyclic) bond motifs is 1. The van der Waals surface area contributed by atoms with Crippen LogP contribution in [-0.2, 0) is 28.5 Å². The van der Waals surface area contributed by atoms with Gasteiger partial charge in [-0.2, -0.15) is 8.42 Å². The van der Waals surface area contributed by atoms with Crippen LogP contribution in [0, 0.1) is 5.92 Å². The summed E-state index contributed by atoms with van der Waals surface area (Å²) in [6.45, 7) is 2.17. The van der Waals surface area contributed by atoms with E-state index < -0.39 is 21.7 Å². The topological polar surface area (TPSA) is 109 Å². The second-order valence-electron chi connectivity index (χ2n) is 8.89. The maximum absolute atomic E-state index is 12.7. The summed E-state index contributed by atoms with van der Waals surface area (Å²) in [5, 5.41) is 12.6. The number of benzene rings is 1. The Bertz CT molecular complexity index is 1110. The molecular weight excluding hydrogens is 404 g/mol. The fourth-order valence-electron chi connectivity index (χ4n) is 4.48. The first kappa shape index (κ1) is 19.6. The quantitative estimate of drug-likeness (QED) is 0.646. The molecule has 2 fully saturated rings. The van der Waals surface area contributed by atoms with Crippen molar-refractivity contribution >= 4 is 21.7 Å². The van der Waals surface area contributed by atoms with Gasteiger partial charge in [0.2, 0.25) is 5.09 Å². The van der Waals surface area contributed by atoms with E-state index in [1.807, 2.05) is 0 Å². The highest BCUT2D eigenvalue weighted by molar-refractivity contribution is 7.89. The number of sulfonamides is 1. The number of hydrogen-bond donors (Lipinski definition) is 3. The van der Waals surface area contributed by atoms with Crippen molar-refractivity contribution in [3.63, 3.8) is 0 Å². The predicted molar refractivity (Wildman–Crippen MR) is 111 cm³/mol. The smallest absolute Gasteiger partial charge is 0.333 e. The van der Waals surface area contributed by atoms with Crippen LogP contribution in [0.1, 0.15) is 67.2 Å². The van der Waals surface area contributed by atoms with Gasteiger partial charge in [-0.05, 0) is 73.5 Å². The molecule has 1 atom stereocenters. The molecule has 2 saturated carbocycles. The molecule has 1 aromatic heterocycles. The molecule has 3 N–H and O–H groups in total. The zero-order valence-corrected chi connectivity index (χ0v) is 17.7. The van der Waals surface area contributed by atoms with Crippen LogP contribution < -0.4 is 10.0 Å². The summed E-state index contributed by atoms with van der Waals surface area (Å²) in [7, 11) is -4.18. The molecule has 30 heavy (non-hydrogen) atoms. The molecule has 2 amide bonds. The first-order chi connectivity index (χ1) is 14.3. The second-order valence-corrected chi connectivity index (χ2v) is 10.5. The van der Waals surface area contributed by atoms with Gasteiger partial charge in [-0.3, -0.25) is 0 Å². The molecule has 1 heterocycles. The molecule has 1 aromatic carbocycles. The van der Waals surface area contributed by atoms with E-state index in [1.54, 1.807) is 0 Å². The minimum Gasteiger partial charge on any atom is -0.451 e. The Morgan fingerprint density at radius 3 is 2.73 bits per heavy atom. The lowest BCUT2D eigenvalue weighted by molar-refractivity contribution is 0.150. The number of rotatable bonds is 6.